The average Bonchev–Trinajstić information content (AvgIpc) is 3.47. The first-order valence-corrected chi connectivity index (χ1v) is 9.84. The largest absolute Gasteiger partial charge is 0.449 e. The van der Waals surface area contributed by atoms with Gasteiger partial charge in [0.05, 0.1) is 16.9 Å². The highest BCUT2D eigenvalue weighted by atomic mass is 32.1. The fourth-order valence-electron chi connectivity index (χ4n) is 2.59. The van der Waals surface area contributed by atoms with Crippen molar-refractivity contribution in [2.24, 2.45) is 0 Å². The monoisotopic (exact) mass is 420 g/mol. The topological polar surface area (TPSA) is 112 Å². The second-order valence-corrected chi connectivity index (χ2v) is 7.10. The SMILES string of the molecule is C[C@@H](OC(=O)c1ccc(-n2cnnn2)cc1)C(=O)Nc1nc(-c2ccccc2)cs1. The molecule has 1 amide bonds. The molecule has 2 heterocycles. The van der Waals surface area contributed by atoms with Gasteiger partial charge in [0, 0.05) is 10.9 Å². The average molecular weight is 420 g/mol. The number of ether oxygens (including phenoxy) is 1. The molecule has 150 valence electrons. The minimum absolute atomic E-state index is 0.312. The van der Waals surface area contributed by atoms with Crippen molar-refractivity contribution in [2.45, 2.75) is 13.0 Å². The van der Waals surface area contributed by atoms with E-state index >= 15 is 0 Å². The van der Waals surface area contributed by atoms with Gasteiger partial charge in [-0.25, -0.2) is 14.5 Å². The van der Waals surface area contributed by atoms with Crippen molar-refractivity contribution >= 4 is 28.3 Å². The minimum atomic E-state index is -0.985. The molecule has 4 rings (SSSR count). The number of nitrogens with zero attached hydrogens (tertiary/aromatic N) is 5. The number of hydrogen-bond donors (Lipinski definition) is 1. The van der Waals surface area contributed by atoms with Crippen LogP contribution in [-0.4, -0.2) is 43.2 Å². The molecule has 0 aliphatic rings. The Balaban J connectivity index is 1.35. The zero-order chi connectivity index (χ0) is 20.9. The summed E-state index contributed by atoms with van der Waals surface area (Å²) in [5.41, 5.74) is 2.73. The molecule has 0 radical (unpaired) electrons. The van der Waals surface area contributed by atoms with Gasteiger partial charge in [0.25, 0.3) is 5.91 Å². The van der Waals surface area contributed by atoms with Gasteiger partial charge < -0.3 is 4.74 Å². The first-order valence-electron chi connectivity index (χ1n) is 8.96. The Morgan fingerprint density at radius 2 is 1.87 bits per heavy atom. The molecule has 0 aliphatic heterocycles. The lowest BCUT2D eigenvalue weighted by atomic mass is 10.2. The van der Waals surface area contributed by atoms with Crippen molar-refractivity contribution in [1.29, 1.82) is 0 Å². The Morgan fingerprint density at radius 1 is 1.10 bits per heavy atom. The fraction of sp³-hybridized carbons (Fsp3) is 0.100. The Labute approximate surface area is 175 Å². The van der Waals surface area contributed by atoms with Crippen LogP contribution in [0.2, 0.25) is 0 Å². The third kappa shape index (κ3) is 4.39. The molecule has 0 fully saturated rings. The van der Waals surface area contributed by atoms with Crippen LogP contribution in [0.4, 0.5) is 5.13 Å². The van der Waals surface area contributed by atoms with Crippen LogP contribution >= 0.6 is 11.3 Å². The summed E-state index contributed by atoms with van der Waals surface area (Å²) in [5, 5.41) is 15.9. The molecule has 9 nitrogen and oxygen atoms in total. The molecule has 0 unspecified atom stereocenters. The predicted octanol–water partition coefficient (Wildman–Crippen LogP) is 2.97. The molecule has 10 heteroatoms. The van der Waals surface area contributed by atoms with Gasteiger partial charge >= 0.3 is 5.97 Å². The van der Waals surface area contributed by atoms with Crippen LogP contribution in [-0.2, 0) is 9.53 Å². The second kappa shape index (κ2) is 8.62. The Hall–Kier alpha value is -3.92. The van der Waals surface area contributed by atoms with Gasteiger partial charge in [0.1, 0.15) is 6.33 Å². The highest BCUT2D eigenvalue weighted by Gasteiger charge is 2.20. The summed E-state index contributed by atoms with van der Waals surface area (Å²) in [4.78, 5) is 29.1. The van der Waals surface area contributed by atoms with E-state index < -0.39 is 18.0 Å². The lowest BCUT2D eigenvalue weighted by molar-refractivity contribution is -0.123. The molecule has 0 saturated heterocycles. The third-order valence-electron chi connectivity index (χ3n) is 4.17. The Morgan fingerprint density at radius 3 is 2.57 bits per heavy atom. The number of carbonyl (C=O) groups is 2. The van der Waals surface area contributed by atoms with Gasteiger partial charge in [-0.05, 0) is 41.6 Å². The maximum absolute atomic E-state index is 12.4. The highest BCUT2D eigenvalue weighted by molar-refractivity contribution is 7.14. The molecule has 2 aromatic carbocycles. The predicted molar refractivity (Wildman–Crippen MR) is 110 cm³/mol. The number of nitrogens with one attached hydrogen (secondary N) is 1. The van der Waals surface area contributed by atoms with E-state index in [-0.39, 0.29) is 0 Å². The summed E-state index contributed by atoms with van der Waals surface area (Å²) in [7, 11) is 0. The van der Waals surface area contributed by atoms with E-state index in [0.29, 0.717) is 16.4 Å². The van der Waals surface area contributed by atoms with Crippen LogP contribution in [0.5, 0.6) is 0 Å². The molecule has 1 N–H and O–H groups in total. The van der Waals surface area contributed by atoms with E-state index in [4.69, 9.17) is 4.74 Å². The lowest BCUT2D eigenvalue weighted by Crippen LogP contribution is -2.30. The van der Waals surface area contributed by atoms with Crippen molar-refractivity contribution in [3.05, 3.63) is 71.9 Å². The van der Waals surface area contributed by atoms with E-state index in [1.54, 1.807) is 24.3 Å². The van der Waals surface area contributed by atoms with Crippen molar-refractivity contribution in [2.75, 3.05) is 5.32 Å². The number of aromatic nitrogens is 5. The summed E-state index contributed by atoms with van der Waals surface area (Å²) in [5.74, 6) is -1.06. The standard InChI is InChI=1S/C20H16N6O3S/c1-13(18(27)23-20-22-17(11-30-20)14-5-3-2-4-6-14)29-19(28)15-7-9-16(10-8-15)26-12-21-24-25-26/h2-13H,1H3,(H,22,23,27)/t13-/m1/s1. The summed E-state index contributed by atoms with van der Waals surface area (Å²) in [6.45, 7) is 1.51. The Kier molecular flexibility index (Phi) is 5.57. The van der Waals surface area contributed by atoms with E-state index in [1.165, 1.54) is 29.3 Å². The first kappa shape index (κ1) is 19.4. The van der Waals surface area contributed by atoms with Crippen LogP contribution in [0, 0.1) is 0 Å². The summed E-state index contributed by atoms with van der Waals surface area (Å²) in [6, 6.07) is 16.2. The molecule has 2 aromatic heterocycles. The molecular formula is C20H16N6O3S. The fourth-order valence-corrected chi connectivity index (χ4v) is 3.31. The Bertz CT molecular complexity index is 1140. The molecule has 1 atom stereocenters. The number of carbonyl (C=O) groups excluding carboxylic acids is 2. The number of esters is 1. The quantitative estimate of drug-likeness (QED) is 0.477. The summed E-state index contributed by atoms with van der Waals surface area (Å²) >= 11 is 1.30. The maximum Gasteiger partial charge on any atom is 0.338 e. The number of thiazole rings is 1. The maximum atomic E-state index is 12.4. The molecule has 0 spiro atoms. The van der Waals surface area contributed by atoms with Crippen LogP contribution < -0.4 is 5.32 Å². The number of amides is 1. The van der Waals surface area contributed by atoms with E-state index in [2.05, 4.69) is 25.8 Å². The zero-order valence-corrected chi connectivity index (χ0v) is 16.6. The van der Waals surface area contributed by atoms with Gasteiger partial charge in [0.2, 0.25) is 0 Å². The highest BCUT2D eigenvalue weighted by Crippen LogP contribution is 2.24. The van der Waals surface area contributed by atoms with Crippen molar-refractivity contribution in [1.82, 2.24) is 25.2 Å². The smallest absolute Gasteiger partial charge is 0.338 e. The van der Waals surface area contributed by atoms with Gasteiger partial charge in [-0.2, -0.15) is 0 Å². The van der Waals surface area contributed by atoms with Gasteiger partial charge in [0.15, 0.2) is 11.2 Å². The number of benzene rings is 2. The summed E-state index contributed by atoms with van der Waals surface area (Å²) < 4.78 is 6.73. The number of anilines is 1. The van der Waals surface area contributed by atoms with Crippen LogP contribution in [0.1, 0.15) is 17.3 Å². The molecule has 30 heavy (non-hydrogen) atoms. The van der Waals surface area contributed by atoms with Gasteiger partial charge in [-0.3, -0.25) is 10.1 Å². The van der Waals surface area contributed by atoms with Gasteiger partial charge in [-0.1, -0.05) is 30.3 Å². The van der Waals surface area contributed by atoms with E-state index in [9.17, 15) is 9.59 Å². The molecular weight excluding hydrogens is 404 g/mol. The van der Waals surface area contributed by atoms with Crippen molar-refractivity contribution in [3.8, 4) is 16.9 Å². The molecule has 4 aromatic rings. The minimum Gasteiger partial charge on any atom is -0.449 e. The summed E-state index contributed by atoms with van der Waals surface area (Å²) in [6.07, 6.45) is 0.461. The second-order valence-electron chi connectivity index (χ2n) is 6.24. The lowest BCUT2D eigenvalue weighted by Gasteiger charge is -2.12. The number of hydrogen-bond acceptors (Lipinski definition) is 8. The normalized spacial score (nSPS) is 11.6. The zero-order valence-electron chi connectivity index (χ0n) is 15.8. The molecule has 0 aliphatic carbocycles. The van der Waals surface area contributed by atoms with Crippen LogP contribution in [0.15, 0.2) is 66.3 Å². The number of tetrazole rings is 1. The van der Waals surface area contributed by atoms with E-state index in [1.807, 2.05) is 35.7 Å². The molecule has 0 bridgehead atoms. The number of rotatable bonds is 6. The van der Waals surface area contributed by atoms with Gasteiger partial charge in [-0.15, -0.1) is 16.4 Å². The third-order valence-corrected chi connectivity index (χ3v) is 4.93. The van der Waals surface area contributed by atoms with Crippen LogP contribution in [0.25, 0.3) is 16.9 Å². The van der Waals surface area contributed by atoms with Crippen molar-refractivity contribution in [3.63, 3.8) is 0 Å². The first-order chi connectivity index (χ1) is 14.6. The van der Waals surface area contributed by atoms with E-state index in [0.717, 1.165) is 11.3 Å². The van der Waals surface area contributed by atoms with Crippen molar-refractivity contribution < 1.29 is 14.3 Å². The van der Waals surface area contributed by atoms with Crippen LogP contribution in [0.3, 0.4) is 0 Å². The molecule has 0 saturated carbocycles.